The normalized spacial score (nSPS) is 20.0. The van der Waals surface area contributed by atoms with Crippen molar-refractivity contribution in [2.45, 2.75) is 6.42 Å². The molecule has 0 N–H and O–H groups in total. The van der Waals surface area contributed by atoms with Gasteiger partial charge >= 0.3 is 0 Å². The first-order valence-corrected chi connectivity index (χ1v) is 3.49. The summed E-state index contributed by atoms with van der Waals surface area (Å²) in [5, 5.41) is 13.5. The quantitative estimate of drug-likeness (QED) is 0.354. The molecule has 0 spiro atoms. The SMILES string of the molecule is O=N/C=C\C=C1/CC=CC=[N+]1[O-]. The fourth-order valence-electron chi connectivity index (χ4n) is 0.844. The number of hydrogen-bond acceptors (Lipinski definition) is 3. The minimum absolute atomic E-state index is 0.587. The lowest BCUT2D eigenvalue weighted by molar-refractivity contribution is -0.398. The van der Waals surface area contributed by atoms with Gasteiger partial charge in [0.25, 0.3) is 0 Å². The number of allylic oxidation sites excluding steroid dienone is 4. The van der Waals surface area contributed by atoms with Crippen LogP contribution in [0.15, 0.2) is 41.4 Å². The minimum Gasteiger partial charge on any atom is -0.618 e. The van der Waals surface area contributed by atoms with E-state index in [4.69, 9.17) is 0 Å². The Kier molecular flexibility index (Phi) is 2.95. The van der Waals surface area contributed by atoms with Crippen LogP contribution in [-0.2, 0) is 0 Å². The van der Waals surface area contributed by atoms with Crippen molar-refractivity contribution in [1.29, 1.82) is 0 Å². The summed E-state index contributed by atoms with van der Waals surface area (Å²) in [6.45, 7) is 0. The molecule has 0 aliphatic carbocycles. The maximum absolute atomic E-state index is 11.0. The fraction of sp³-hybridized carbons (Fsp3) is 0.125. The van der Waals surface area contributed by atoms with Gasteiger partial charge in [-0.05, 0) is 17.3 Å². The predicted molar refractivity (Wildman–Crippen MR) is 46.5 cm³/mol. The van der Waals surface area contributed by atoms with Gasteiger partial charge in [0.05, 0.1) is 12.6 Å². The highest BCUT2D eigenvalue weighted by atomic mass is 16.5. The van der Waals surface area contributed by atoms with Gasteiger partial charge in [-0.1, -0.05) is 6.08 Å². The Morgan fingerprint density at radius 1 is 1.67 bits per heavy atom. The average molecular weight is 164 g/mol. The van der Waals surface area contributed by atoms with Gasteiger partial charge in [-0.3, -0.25) is 0 Å². The van der Waals surface area contributed by atoms with Crippen molar-refractivity contribution >= 4 is 6.21 Å². The van der Waals surface area contributed by atoms with E-state index in [0.717, 1.165) is 10.9 Å². The van der Waals surface area contributed by atoms with Crippen molar-refractivity contribution in [3.63, 3.8) is 0 Å². The van der Waals surface area contributed by atoms with Gasteiger partial charge in [-0.15, -0.1) is 4.91 Å². The second-order valence-corrected chi connectivity index (χ2v) is 2.21. The van der Waals surface area contributed by atoms with E-state index in [-0.39, 0.29) is 0 Å². The smallest absolute Gasteiger partial charge is 0.196 e. The van der Waals surface area contributed by atoms with Crippen molar-refractivity contribution in [2.24, 2.45) is 5.18 Å². The third kappa shape index (κ3) is 2.16. The molecule has 0 amide bonds. The average Bonchev–Trinajstić information content (AvgIpc) is 2.09. The second kappa shape index (κ2) is 4.23. The summed E-state index contributed by atoms with van der Waals surface area (Å²) in [6, 6.07) is 0. The van der Waals surface area contributed by atoms with Gasteiger partial charge in [0.15, 0.2) is 11.9 Å². The van der Waals surface area contributed by atoms with Crippen LogP contribution in [0.2, 0.25) is 0 Å². The molecule has 4 nitrogen and oxygen atoms in total. The lowest BCUT2D eigenvalue weighted by Gasteiger charge is -2.06. The number of nitrogens with zero attached hydrogens (tertiary/aromatic N) is 2. The van der Waals surface area contributed by atoms with Gasteiger partial charge in [0.2, 0.25) is 0 Å². The van der Waals surface area contributed by atoms with Crippen molar-refractivity contribution in [3.05, 3.63) is 46.3 Å². The molecule has 0 saturated carbocycles. The summed E-state index contributed by atoms with van der Waals surface area (Å²) >= 11 is 0. The van der Waals surface area contributed by atoms with E-state index in [9.17, 15) is 10.1 Å². The van der Waals surface area contributed by atoms with Crippen LogP contribution in [0, 0.1) is 10.1 Å². The molecule has 0 radical (unpaired) electrons. The zero-order valence-electron chi connectivity index (χ0n) is 6.38. The fourth-order valence-corrected chi connectivity index (χ4v) is 0.844. The molecule has 0 aromatic rings. The zero-order chi connectivity index (χ0) is 8.81. The van der Waals surface area contributed by atoms with Crippen LogP contribution in [0.1, 0.15) is 6.42 Å². The highest BCUT2D eigenvalue weighted by Gasteiger charge is 2.04. The number of hydrogen-bond donors (Lipinski definition) is 0. The molecule has 0 aromatic carbocycles. The molecule has 12 heavy (non-hydrogen) atoms. The first kappa shape index (κ1) is 8.39. The summed E-state index contributed by atoms with van der Waals surface area (Å²) < 4.78 is 0.759. The van der Waals surface area contributed by atoms with Gasteiger partial charge in [0, 0.05) is 6.08 Å². The van der Waals surface area contributed by atoms with E-state index >= 15 is 0 Å². The molecule has 0 unspecified atom stereocenters. The molecule has 0 saturated heterocycles. The summed E-state index contributed by atoms with van der Waals surface area (Å²) in [7, 11) is 0. The van der Waals surface area contributed by atoms with Crippen LogP contribution in [0.5, 0.6) is 0 Å². The lowest BCUT2D eigenvalue weighted by Crippen LogP contribution is -2.06. The molecule has 1 aliphatic heterocycles. The molecular weight excluding hydrogens is 156 g/mol. The number of hydroxylamine groups is 1. The molecule has 0 atom stereocenters. The predicted octanol–water partition coefficient (Wildman–Crippen LogP) is 1.69. The van der Waals surface area contributed by atoms with Crippen molar-refractivity contribution in [3.8, 4) is 0 Å². The first-order valence-electron chi connectivity index (χ1n) is 3.49. The van der Waals surface area contributed by atoms with Crippen LogP contribution in [0.3, 0.4) is 0 Å². The van der Waals surface area contributed by atoms with E-state index in [0.29, 0.717) is 12.1 Å². The Bertz CT molecular complexity index is 287. The van der Waals surface area contributed by atoms with E-state index < -0.39 is 0 Å². The van der Waals surface area contributed by atoms with Crippen LogP contribution in [0.25, 0.3) is 0 Å². The molecule has 4 heteroatoms. The molecular formula is C8H8N2O2. The van der Waals surface area contributed by atoms with E-state index in [1.54, 1.807) is 12.2 Å². The molecule has 0 bridgehead atoms. The topological polar surface area (TPSA) is 55.5 Å². The van der Waals surface area contributed by atoms with Gasteiger partial charge in [0.1, 0.15) is 0 Å². The highest BCUT2D eigenvalue weighted by Crippen LogP contribution is 2.06. The van der Waals surface area contributed by atoms with E-state index in [1.807, 2.05) is 6.08 Å². The van der Waals surface area contributed by atoms with Crippen molar-refractivity contribution < 1.29 is 4.74 Å². The Morgan fingerprint density at radius 2 is 2.50 bits per heavy atom. The second-order valence-electron chi connectivity index (χ2n) is 2.21. The van der Waals surface area contributed by atoms with Crippen molar-refractivity contribution in [1.82, 2.24) is 0 Å². The Balaban J connectivity index is 2.70. The third-order valence-electron chi connectivity index (χ3n) is 1.40. The molecule has 0 fully saturated rings. The lowest BCUT2D eigenvalue weighted by atomic mass is 10.2. The Morgan fingerprint density at radius 3 is 3.17 bits per heavy atom. The maximum atomic E-state index is 11.0. The summed E-state index contributed by atoms with van der Waals surface area (Å²) in [5.74, 6) is 0. The standard InChI is InChI=1S/C8H8N2O2/c11-9-6-3-5-8-4-1-2-7-10(8)12/h1-3,5-7H,4H2/b6-3-,8-5+. The van der Waals surface area contributed by atoms with Gasteiger partial charge < -0.3 is 5.21 Å². The Labute approximate surface area is 69.8 Å². The van der Waals surface area contributed by atoms with Crippen LogP contribution < -0.4 is 0 Å². The summed E-state index contributed by atoms with van der Waals surface area (Å²) in [5.41, 5.74) is 0.595. The van der Waals surface area contributed by atoms with Crippen molar-refractivity contribution in [2.75, 3.05) is 0 Å². The summed E-state index contributed by atoms with van der Waals surface area (Å²) in [6.07, 6.45) is 9.66. The Hall–Kier alpha value is -1.71. The summed E-state index contributed by atoms with van der Waals surface area (Å²) in [4.78, 5) is 9.65. The maximum Gasteiger partial charge on any atom is 0.196 e. The van der Waals surface area contributed by atoms with E-state index in [2.05, 4.69) is 5.18 Å². The molecule has 1 heterocycles. The highest BCUT2D eigenvalue weighted by molar-refractivity contribution is 5.67. The number of rotatable bonds is 2. The van der Waals surface area contributed by atoms with E-state index in [1.165, 1.54) is 12.3 Å². The monoisotopic (exact) mass is 164 g/mol. The molecule has 1 aliphatic rings. The van der Waals surface area contributed by atoms with Crippen LogP contribution in [-0.4, -0.2) is 11.0 Å². The zero-order valence-corrected chi connectivity index (χ0v) is 6.38. The molecule has 1 rings (SSSR count). The van der Waals surface area contributed by atoms with Gasteiger partial charge in [-0.25, -0.2) is 0 Å². The van der Waals surface area contributed by atoms with Gasteiger partial charge in [-0.2, -0.15) is 4.74 Å². The minimum atomic E-state index is 0.587. The molecule has 62 valence electrons. The first-order chi connectivity index (χ1) is 5.84. The van der Waals surface area contributed by atoms with Crippen LogP contribution in [0.4, 0.5) is 0 Å². The van der Waals surface area contributed by atoms with Crippen LogP contribution >= 0.6 is 0 Å². The largest absolute Gasteiger partial charge is 0.618 e. The molecule has 0 aromatic heterocycles. The number of nitroso groups, excluding NO2 is 1. The third-order valence-corrected chi connectivity index (χ3v) is 1.40.